The van der Waals surface area contributed by atoms with Crippen molar-refractivity contribution < 1.29 is 4.52 Å². The zero-order valence-corrected chi connectivity index (χ0v) is 18.7. The highest BCUT2D eigenvalue weighted by atomic mass is 16.5. The van der Waals surface area contributed by atoms with Crippen LogP contribution in [0.25, 0.3) is 0 Å². The highest BCUT2D eigenvalue weighted by molar-refractivity contribution is 5.18. The standard InChI is InChI=1S/C11H19NO.C9H18N4/c1-10(2,3)8-7-9(13-12-8)11(4,5)6;1-8(2,3)7-10-12-13(11-7)9(4,5)6/h7H,1-6H3;1-6H3. The summed E-state index contributed by atoms with van der Waals surface area (Å²) >= 11 is 0. The predicted octanol–water partition coefficient (Wildman–Crippen LogP) is 5.00. The van der Waals surface area contributed by atoms with Crippen LogP contribution in [-0.4, -0.2) is 25.4 Å². The predicted molar refractivity (Wildman–Crippen MR) is 105 cm³/mol. The average molecular weight is 364 g/mol. The summed E-state index contributed by atoms with van der Waals surface area (Å²) in [5.41, 5.74) is 1.04. The Kier molecular flexibility index (Phi) is 6.11. The topological polar surface area (TPSA) is 69.6 Å². The second kappa shape index (κ2) is 7.12. The van der Waals surface area contributed by atoms with E-state index in [1.807, 2.05) is 0 Å². The Morgan fingerprint density at radius 3 is 1.54 bits per heavy atom. The van der Waals surface area contributed by atoms with E-state index in [0.29, 0.717) is 0 Å². The Balaban J connectivity index is 0.000000260. The molecule has 0 radical (unpaired) electrons. The zero-order valence-electron chi connectivity index (χ0n) is 18.7. The van der Waals surface area contributed by atoms with E-state index in [4.69, 9.17) is 4.52 Å². The first-order chi connectivity index (χ1) is 11.4. The largest absolute Gasteiger partial charge is 0.361 e. The second-order valence-corrected chi connectivity index (χ2v) is 10.9. The van der Waals surface area contributed by atoms with Crippen molar-refractivity contribution in [2.24, 2.45) is 0 Å². The number of nitrogens with zero attached hydrogens (tertiary/aromatic N) is 5. The smallest absolute Gasteiger partial charge is 0.180 e. The van der Waals surface area contributed by atoms with Gasteiger partial charge in [-0.05, 0) is 26.0 Å². The molecule has 0 saturated heterocycles. The fourth-order valence-electron chi connectivity index (χ4n) is 1.78. The molecular weight excluding hydrogens is 326 g/mol. The van der Waals surface area contributed by atoms with E-state index in [2.05, 4.69) is 110 Å². The molecule has 0 aliphatic rings. The van der Waals surface area contributed by atoms with Crippen molar-refractivity contribution >= 4 is 0 Å². The Hall–Kier alpha value is -1.72. The van der Waals surface area contributed by atoms with Crippen LogP contribution in [0.4, 0.5) is 0 Å². The SMILES string of the molecule is CC(C)(C)c1cc(C(C)(C)C)on1.CC(C)(C)c1nnn(C(C)(C)C)n1. The van der Waals surface area contributed by atoms with E-state index >= 15 is 0 Å². The number of tetrazole rings is 1. The van der Waals surface area contributed by atoms with Crippen LogP contribution in [0, 0.1) is 0 Å². The second-order valence-electron chi connectivity index (χ2n) is 10.9. The first-order valence-electron chi connectivity index (χ1n) is 9.21. The van der Waals surface area contributed by atoms with Crippen LogP contribution < -0.4 is 0 Å². The van der Waals surface area contributed by atoms with Crippen LogP contribution >= 0.6 is 0 Å². The average Bonchev–Trinajstić information content (AvgIpc) is 3.06. The van der Waals surface area contributed by atoms with Crippen LogP contribution in [0.1, 0.15) is 100 Å². The third kappa shape index (κ3) is 6.22. The van der Waals surface area contributed by atoms with Gasteiger partial charge in [0.2, 0.25) is 0 Å². The molecule has 0 amide bonds. The van der Waals surface area contributed by atoms with Crippen LogP contribution in [0.5, 0.6) is 0 Å². The van der Waals surface area contributed by atoms with Gasteiger partial charge >= 0.3 is 0 Å². The molecule has 6 heteroatoms. The molecule has 0 aliphatic carbocycles. The van der Waals surface area contributed by atoms with Gasteiger partial charge in [0.05, 0.1) is 11.2 Å². The summed E-state index contributed by atoms with van der Waals surface area (Å²) in [6.07, 6.45) is 0. The molecule has 2 aromatic rings. The van der Waals surface area contributed by atoms with Gasteiger partial charge < -0.3 is 4.52 Å². The maximum absolute atomic E-state index is 5.31. The number of rotatable bonds is 0. The van der Waals surface area contributed by atoms with Crippen LogP contribution in [0.3, 0.4) is 0 Å². The van der Waals surface area contributed by atoms with Gasteiger partial charge in [-0.1, -0.05) is 67.5 Å². The molecule has 0 saturated carbocycles. The van der Waals surface area contributed by atoms with Gasteiger partial charge in [-0.3, -0.25) is 0 Å². The zero-order chi connectivity index (χ0) is 20.6. The summed E-state index contributed by atoms with van der Waals surface area (Å²) in [7, 11) is 0. The Morgan fingerprint density at radius 2 is 1.31 bits per heavy atom. The normalized spacial score (nSPS) is 13.4. The minimum Gasteiger partial charge on any atom is -0.361 e. The molecule has 26 heavy (non-hydrogen) atoms. The molecule has 0 atom stereocenters. The molecule has 0 bridgehead atoms. The number of aromatic nitrogens is 5. The van der Waals surface area contributed by atoms with Crippen LogP contribution in [0.15, 0.2) is 10.6 Å². The maximum Gasteiger partial charge on any atom is 0.180 e. The summed E-state index contributed by atoms with van der Waals surface area (Å²) < 4.78 is 5.31. The van der Waals surface area contributed by atoms with Crippen molar-refractivity contribution in [3.05, 3.63) is 23.3 Å². The lowest BCUT2D eigenvalue weighted by molar-refractivity contribution is 0.303. The van der Waals surface area contributed by atoms with E-state index in [-0.39, 0.29) is 21.8 Å². The van der Waals surface area contributed by atoms with Crippen molar-refractivity contribution in [1.29, 1.82) is 0 Å². The fourth-order valence-corrected chi connectivity index (χ4v) is 1.78. The summed E-state index contributed by atoms with van der Waals surface area (Å²) in [5, 5.41) is 16.5. The van der Waals surface area contributed by atoms with Gasteiger partial charge in [-0.2, -0.15) is 4.80 Å². The third-order valence-corrected chi connectivity index (χ3v) is 3.70. The van der Waals surface area contributed by atoms with E-state index in [1.54, 1.807) is 4.80 Å². The Bertz CT molecular complexity index is 581. The highest BCUT2D eigenvalue weighted by Crippen LogP contribution is 2.27. The molecule has 0 spiro atoms. The molecule has 2 rings (SSSR count). The van der Waals surface area contributed by atoms with E-state index in [0.717, 1.165) is 17.3 Å². The Morgan fingerprint density at radius 1 is 0.769 bits per heavy atom. The van der Waals surface area contributed by atoms with Gasteiger partial charge in [0.15, 0.2) is 5.82 Å². The molecule has 2 aromatic heterocycles. The molecule has 0 aliphatic heterocycles. The molecule has 0 N–H and O–H groups in total. The van der Waals surface area contributed by atoms with Gasteiger partial charge in [0.25, 0.3) is 0 Å². The highest BCUT2D eigenvalue weighted by Gasteiger charge is 2.25. The first-order valence-corrected chi connectivity index (χ1v) is 9.21. The minimum absolute atomic E-state index is 0.0243. The van der Waals surface area contributed by atoms with E-state index in [1.165, 1.54) is 0 Å². The fraction of sp³-hybridized carbons (Fsp3) is 0.800. The Labute approximate surface area is 158 Å². The number of hydrogen-bond acceptors (Lipinski definition) is 5. The van der Waals surface area contributed by atoms with Crippen molar-refractivity contribution in [3.63, 3.8) is 0 Å². The summed E-state index contributed by atoms with van der Waals surface area (Å²) in [4.78, 5) is 1.66. The van der Waals surface area contributed by atoms with Gasteiger partial charge in [0.1, 0.15) is 5.76 Å². The quantitative estimate of drug-likeness (QED) is 0.659. The van der Waals surface area contributed by atoms with E-state index in [9.17, 15) is 0 Å². The maximum atomic E-state index is 5.31. The molecule has 148 valence electrons. The van der Waals surface area contributed by atoms with Crippen LogP contribution in [-0.2, 0) is 21.8 Å². The third-order valence-electron chi connectivity index (χ3n) is 3.70. The van der Waals surface area contributed by atoms with Gasteiger partial charge in [-0.25, -0.2) is 0 Å². The lowest BCUT2D eigenvalue weighted by atomic mass is 9.88. The number of hydrogen-bond donors (Lipinski definition) is 0. The molecule has 0 aromatic carbocycles. The molecular formula is C20H37N5O. The molecule has 0 fully saturated rings. The van der Waals surface area contributed by atoms with Crippen LogP contribution in [0.2, 0.25) is 0 Å². The minimum atomic E-state index is -0.0868. The van der Waals surface area contributed by atoms with Crippen molar-refractivity contribution in [2.75, 3.05) is 0 Å². The summed E-state index contributed by atoms with van der Waals surface area (Å²) in [5.74, 6) is 1.75. The molecule has 0 unspecified atom stereocenters. The van der Waals surface area contributed by atoms with Gasteiger partial charge in [-0.15, -0.1) is 10.2 Å². The van der Waals surface area contributed by atoms with Crippen molar-refractivity contribution in [1.82, 2.24) is 25.4 Å². The van der Waals surface area contributed by atoms with Crippen molar-refractivity contribution in [3.8, 4) is 0 Å². The first kappa shape index (κ1) is 22.3. The lowest BCUT2D eigenvalue weighted by Gasteiger charge is -2.16. The summed E-state index contributed by atoms with van der Waals surface area (Å²) in [6, 6.07) is 2.06. The lowest BCUT2D eigenvalue weighted by Crippen LogP contribution is -2.25. The van der Waals surface area contributed by atoms with Gasteiger partial charge in [0, 0.05) is 22.3 Å². The molecule has 6 nitrogen and oxygen atoms in total. The molecule has 2 heterocycles. The summed E-state index contributed by atoms with van der Waals surface area (Å²) in [6.45, 7) is 25.2. The van der Waals surface area contributed by atoms with Crippen molar-refractivity contribution in [2.45, 2.75) is 105 Å². The monoisotopic (exact) mass is 363 g/mol. The van der Waals surface area contributed by atoms with E-state index < -0.39 is 0 Å².